The van der Waals surface area contributed by atoms with Crippen molar-refractivity contribution in [3.8, 4) is 0 Å². The molecule has 2 aliphatic rings. The summed E-state index contributed by atoms with van der Waals surface area (Å²) in [6.07, 6.45) is 11.8. The first-order valence-corrected chi connectivity index (χ1v) is 7.60. The van der Waals surface area contributed by atoms with Crippen LogP contribution < -0.4 is 5.32 Å². The first-order valence-electron chi connectivity index (χ1n) is 7.60. The fourth-order valence-electron chi connectivity index (χ4n) is 3.05. The molecule has 1 unspecified atom stereocenters. The van der Waals surface area contributed by atoms with Gasteiger partial charge in [0, 0.05) is 18.8 Å². The van der Waals surface area contributed by atoms with Crippen molar-refractivity contribution in [2.24, 2.45) is 5.92 Å². The number of hydrogen-bond acceptors (Lipinski definition) is 2. The molecule has 2 aliphatic carbocycles. The van der Waals surface area contributed by atoms with E-state index >= 15 is 0 Å². The van der Waals surface area contributed by atoms with Crippen LogP contribution in [0.5, 0.6) is 0 Å². The van der Waals surface area contributed by atoms with E-state index in [0.717, 1.165) is 12.5 Å². The average Bonchev–Trinajstić information content (AvgIpc) is 3.16. The van der Waals surface area contributed by atoms with Crippen LogP contribution in [0, 0.1) is 5.92 Å². The maximum Gasteiger partial charge on any atom is 0.0762 e. The highest BCUT2D eigenvalue weighted by Gasteiger charge is 2.27. The summed E-state index contributed by atoms with van der Waals surface area (Å²) in [6, 6.07) is 3.50. The minimum atomic E-state index is 0.657. The molecule has 0 aliphatic heterocycles. The van der Waals surface area contributed by atoms with Gasteiger partial charge in [-0.05, 0) is 44.6 Å². The monoisotopic (exact) mass is 247 g/mol. The molecule has 1 N–H and O–H groups in total. The van der Waals surface area contributed by atoms with Crippen molar-refractivity contribution in [1.82, 2.24) is 15.1 Å². The standard InChI is InChI=1S/C15H25N3/c1-12(13-7-8-13)16-11-14-9-10-18(17-14)15-5-3-2-4-6-15/h9-10,12-13,15-16H,2-8,11H2,1H3. The third-order valence-electron chi connectivity index (χ3n) is 4.55. The second-order valence-electron chi connectivity index (χ2n) is 6.09. The van der Waals surface area contributed by atoms with E-state index in [1.165, 1.54) is 50.6 Å². The topological polar surface area (TPSA) is 29.9 Å². The lowest BCUT2D eigenvalue weighted by atomic mass is 9.96. The Hall–Kier alpha value is -0.830. The van der Waals surface area contributed by atoms with Crippen LogP contribution in [-0.4, -0.2) is 15.8 Å². The van der Waals surface area contributed by atoms with Gasteiger partial charge in [-0.1, -0.05) is 19.3 Å². The largest absolute Gasteiger partial charge is 0.308 e. The number of aromatic nitrogens is 2. The zero-order chi connectivity index (χ0) is 12.4. The van der Waals surface area contributed by atoms with Gasteiger partial charge in [-0.25, -0.2) is 0 Å². The number of nitrogens with one attached hydrogen (secondary N) is 1. The molecule has 3 nitrogen and oxygen atoms in total. The summed E-state index contributed by atoms with van der Waals surface area (Å²) in [4.78, 5) is 0. The SMILES string of the molecule is CC(NCc1ccn(C2CCCCC2)n1)C1CC1. The Morgan fingerprint density at radius 3 is 2.78 bits per heavy atom. The molecule has 0 aromatic carbocycles. The zero-order valence-electron chi connectivity index (χ0n) is 11.4. The van der Waals surface area contributed by atoms with E-state index in [9.17, 15) is 0 Å². The third kappa shape index (κ3) is 2.94. The molecule has 100 valence electrons. The minimum absolute atomic E-state index is 0.657. The fraction of sp³-hybridized carbons (Fsp3) is 0.800. The number of rotatable bonds is 5. The molecule has 2 fully saturated rings. The molecule has 1 atom stereocenters. The summed E-state index contributed by atoms with van der Waals surface area (Å²) in [5, 5.41) is 8.34. The van der Waals surface area contributed by atoms with E-state index in [0.29, 0.717) is 12.1 Å². The van der Waals surface area contributed by atoms with Crippen LogP contribution in [0.1, 0.15) is 63.6 Å². The first-order chi connectivity index (χ1) is 8.83. The lowest BCUT2D eigenvalue weighted by Gasteiger charge is -2.21. The Labute approximate surface area is 110 Å². The van der Waals surface area contributed by atoms with Crippen LogP contribution in [0.2, 0.25) is 0 Å². The summed E-state index contributed by atoms with van der Waals surface area (Å²) in [6.45, 7) is 3.23. The van der Waals surface area contributed by atoms with Gasteiger partial charge < -0.3 is 5.32 Å². The molecule has 18 heavy (non-hydrogen) atoms. The molecule has 0 radical (unpaired) electrons. The Kier molecular flexibility index (Phi) is 3.69. The van der Waals surface area contributed by atoms with Crippen molar-refractivity contribution in [3.63, 3.8) is 0 Å². The molecule has 0 spiro atoms. The highest BCUT2D eigenvalue weighted by molar-refractivity contribution is 5.00. The normalized spacial score (nSPS) is 23.2. The molecule has 0 amide bonds. The van der Waals surface area contributed by atoms with E-state index in [1.807, 2.05) is 0 Å². The van der Waals surface area contributed by atoms with Crippen LogP contribution in [-0.2, 0) is 6.54 Å². The molecule has 2 saturated carbocycles. The number of nitrogens with zero attached hydrogens (tertiary/aromatic N) is 2. The summed E-state index contributed by atoms with van der Waals surface area (Å²) in [5.41, 5.74) is 1.20. The van der Waals surface area contributed by atoms with Crippen LogP contribution >= 0.6 is 0 Å². The van der Waals surface area contributed by atoms with Crippen molar-refractivity contribution < 1.29 is 0 Å². The summed E-state index contributed by atoms with van der Waals surface area (Å²) in [7, 11) is 0. The van der Waals surface area contributed by atoms with Crippen molar-refractivity contribution in [3.05, 3.63) is 18.0 Å². The molecular formula is C15H25N3. The van der Waals surface area contributed by atoms with Crippen molar-refractivity contribution in [1.29, 1.82) is 0 Å². The molecule has 1 heterocycles. The summed E-state index contributed by atoms with van der Waals surface area (Å²) in [5.74, 6) is 0.922. The van der Waals surface area contributed by atoms with Gasteiger partial charge in [0.05, 0.1) is 11.7 Å². The van der Waals surface area contributed by atoms with E-state index in [2.05, 4.69) is 29.2 Å². The lowest BCUT2D eigenvalue weighted by molar-refractivity contribution is 0.327. The summed E-state index contributed by atoms with van der Waals surface area (Å²) < 4.78 is 2.21. The van der Waals surface area contributed by atoms with Gasteiger partial charge in [0.25, 0.3) is 0 Å². The van der Waals surface area contributed by atoms with E-state index < -0.39 is 0 Å². The van der Waals surface area contributed by atoms with E-state index in [1.54, 1.807) is 0 Å². The zero-order valence-corrected chi connectivity index (χ0v) is 11.4. The number of hydrogen-bond donors (Lipinski definition) is 1. The second-order valence-corrected chi connectivity index (χ2v) is 6.09. The Morgan fingerprint density at radius 2 is 2.06 bits per heavy atom. The summed E-state index contributed by atoms with van der Waals surface area (Å²) >= 11 is 0. The molecule has 3 heteroatoms. The van der Waals surface area contributed by atoms with Gasteiger partial charge in [-0.15, -0.1) is 0 Å². The van der Waals surface area contributed by atoms with Gasteiger partial charge in [0.2, 0.25) is 0 Å². The van der Waals surface area contributed by atoms with Gasteiger partial charge in [0.1, 0.15) is 0 Å². The van der Waals surface area contributed by atoms with Crippen molar-refractivity contribution in [2.75, 3.05) is 0 Å². The Morgan fingerprint density at radius 1 is 1.28 bits per heavy atom. The maximum atomic E-state index is 4.74. The van der Waals surface area contributed by atoms with E-state index in [4.69, 9.17) is 5.10 Å². The van der Waals surface area contributed by atoms with Crippen LogP contribution in [0.25, 0.3) is 0 Å². The molecule has 0 bridgehead atoms. The Balaban J connectivity index is 1.52. The van der Waals surface area contributed by atoms with Crippen molar-refractivity contribution in [2.45, 2.75) is 70.5 Å². The Bertz CT molecular complexity index is 375. The van der Waals surface area contributed by atoms with Crippen molar-refractivity contribution >= 4 is 0 Å². The van der Waals surface area contributed by atoms with Gasteiger partial charge in [-0.2, -0.15) is 5.10 Å². The maximum absolute atomic E-state index is 4.74. The highest BCUT2D eigenvalue weighted by atomic mass is 15.3. The predicted molar refractivity (Wildman–Crippen MR) is 73.4 cm³/mol. The van der Waals surface area contributed by atoms with E-state index in [-0.39, 0.29) is 0 Å². The predicted octanol–water partition coefficient (Wildman–Crippen LogP) is 3.28. The molecule has 3 rings (SSSR count). The molecule has 1 aromatic heterocycles. The average molecular weight is 247 g/mol. The van der Waals surface area contributed by atoms with Crippen LogP contribution in [0.3, 0.4) is 0 Å². The van der Waals surface area contributed by atoms with Gasteiger partial charge in [-0.3, -0.25) is 4.68 Å². The first kappa shape index (κ1) is 12.2. The highest BCUT2D eigenvalue weighted by Crippen LogP contribution is 2.32. The van der Waals surface area contributed by atoms with Crippen LogP contribution in [0.4, 0.5) is 0 Å². The quantitative estimate of drug-likeness (QED) is 0.865. The smallest absolute Gasteiger partial charge is 0.0762 e. The van der Waals surface area contributed by atoms with Gasteiger partial charge >= 0.3 is 0 Å². The molecule has 0 saturated heterocycles. The third-order valence-corrected chi connectivity index (χ3v) is 4.55. The minimum Gasteiger partial charge on any atom is -0.308 e. The van der Waals surface area contributed by atoms with Crippen LogP contribution in [0.15, 0.2) is 12.3 Å². The lowest BCUT2D eigenvalue weighted by Crippen LogP contribution is -2.27. The molecular weight excluding hydrogens is 222 g/mol. The van der Waals surface area contributed by atoms with Gasteiger partial charge in [0.15, 0.2) is 0 Å². The second kappa shape index (κ2) is 5.43. The fourth-order valence-corrected chi connectivity index (χ4v) is 3.05. The molecule has 1 aromatic rings.